The molecule has 0 amide bonds. The van der Waals surface area contributed by atoms with Gasteiger partial charge in [0.2, 0.25) is 0 Å². The van der Waals surface area contributed by atoms with E-state index in [2.05, 4.69) is 49.9 Å². The van der Waals surface area contributed by atoms with Crippen LogP contribution < -0.4 is 5.32 Å². The largest absolute Gasteiger partial charge is 0.345 e. The molecule has 0 aliphatic heterocycles. The van der Waals surface area contributed by atoms with Crippen LogP contribution in [0.4, 0.5) is 0 Å². The number of imidazole rings is 1. The van der Waals surface area contributed by atoms with Crippen molar-refractivity contribution < 1.29 is 0 Å². The molecule has 3 heteroatoms. The summed E-state index contributed by atoms with van der Waals surface area (Å²) in [5.41, 5.74) is 1.37. The van der Waals surface area contributed by atoms with Gasteiger partial charge in [-0.15, -0.1) is 0 Å². The lowest BCUT2D eigenvalue weighted by atomic mass is 9.93. The predicted molar refractivity (Wildman–Crippen MR) is 64.1 cm³/mol. The van der Waals surface area contributed by atoms with Crippen LogP contribution in [0.15, 0.2) is 6.20 Å². The number of hydrogen-bond donors (Lipinski definition) is 2. The van der Waals surface area contributed by atoms with Crippen molar-refractivity contribution in [3.8, 4) is 0 Å². The van der Waals surface area contributed by atoms with E-state index in [1.165, 1.54) is 5.69 Å². The molecule has 2 N–H and O–H groups in total. The summed E-state index contributed by atoms with van der Waals surface area (Å²) in [7, 11) is 0. The van der Waals surface area contributed by atoms with Gasteiger partial charge in [0.05, 0.1) is 0 Å². The smallest absolute Gasteiger partial charge is 0.107 e. The van der Waals surface area contributed by atoms with Gasteiger partial charge in [0.1, 0.15) is 5.82 Å². The van der Waals surface area contributed by atoms with Gasteiger partial charge in [-0.25, -0.2) is 4.98 Å². The fourth-order valence-corrected chi connectivity index (χ4v) is 1.35. The first kappa shape index (κ1) is 12.2. The van der Waals surface area contributed by atoms with Crippen molar-refractivity contribution in [2.24, 2.45) is 0 Å². The molecule has 1 aromatic rings. The molecule has 1 rings (SSSR count). The van der Waals surface area contributed by atoms with Crippen molar-refractivity contribution in [2.45, 2.75) is 52.5 Å². The molecule has 1 aromatic heterocycles. The second-order valence-electron chi connectivity index (χ2n) is 5.35. The van der Waals surface area contributed by atoms with E-state index in [4.69, 9.17) is 0 Å². The van der Waals surface area contributed by atoms with E-state index in [-0.39, 0.29) is 5.41 Å². The second kappa shape index (κ2) is 4.79. The highest BCUT2D eigenvalue weighted by atomic mass is 14.9. The SMILES string of the molecule is CC(C)NCCc1ncc(C(C)(C)C)[nH]1. The lowest BCUT2D eigenvalue weighted by Gasteiger charge is -2.15. The summed E-state index contributed by atoms with van der Waals surface area (Å²) in [6, 6.07) is 0.544. The zero-order valence-corrected chi connectivity index (χ0v) is 10.5. The average molecular weight is 209 g/mol. The van der Waals surface area contributed by atoms with Gasteiger partial charge in [0, 0.05) is 36.3 Å². The first-order valence-electron chi connectivity index (χ1n) is 5.67. The van der Waals surface area contributed by atoms with Gasteiger partial charge in [0.15, 0.2) is 0 Å². The number of nitrogens with one attached hydrogen (secondary N) is 2. The molecule has 0 radical (unpaired) electrons. The van der Waals surface area contributed by atoms with Crippen LogP contribution in [0, 0.1) is 0 Å². The van der Waals surface area contributed by atoms with Crippen LogP contribution in [0.2, 0.25) is 0 Å². The van der Waals surface area contributed by atoms with Crippen LogP contribution in [-0.2, 0) is 11.8 Å². The maximum absolute atomic E-state index is 4.38. The predicted octanol–water partition coefficient (Wildman–Crippen LogP) is 2.25. The van der Waals surface area contributed by atoms with Gasteiger partial charge in [-0.05, 0) is 0 Å². The maximum Gasteiger partial charge on any atom is 0.107 e. The molecule has 0 unspecified atom stereocenters. The van der Waals surface area contributed by atoms with Crippen molar-refractivity contribution >= 4 is 0 Å². The summed E-state index contributed by atoms with van der Waals surface area (Å²) in [5.74, 6) is 1.08. The number of nitrogens with zero attached hydrogens (tertiary/aromatic N) is 1. The number of hydrogen-bond acceptors (Lipinski definition) is 2. The molecule has 0 saturated carbocycles. The fraction of sp³-hybridized carbons (Fsp3) is 0.750. The van der Waals surface area contributed by atoms with E-state index in [0.29, 0.717) is 6.04 Å². The Hall–Kier alpha value is -0.830. The van der Waals surface area contributed by atoms with Crippen LogP contribution in [0.25, 0.3) is 0 Å². The molecule has 0 spiro atoms. The summed E-state index contributed by atoms with van der Waals surface area (Å²) in [5, 5.41) is 3.38. The summed E-state index contributed by atoms with van der Waals surface area (Å²) in [4.78, 5) is 7.76. The van der Waals surface area contributed by atoms with Crippen LogP contribution in [0.5, 0.6) is 0 Å². The van der Waals surface area contributed by atoms with Gasteiger partial charge in [-0.1, -0.05) is 34.6 Å². The van der Waals surface area contributed by atoms with Crippen LogP contribution in [-0.4, -0.2) is 22.6 Å². The third kappa shape index (κ3) is 4.04. The number of H-pyrrole nitrogens is 1. The average Bonchev–Trinajstić information content (AvgIpc) is 2.51. The number of aromatic nitrogens is 2. The van der Waals surface area contributed by atoms with Crippen molar-refractivity contribution in [1.29, 1.82) is 0 Å². The minimum atomic E-state index is 0.163. The molecule has 0 saturated heterocycles. The topological polar surface area (TPSA) is 40.7 Å². The van der Waals surface area contributed by atoms with Gasteiger partial charge < -0.3 is 10.3 Å². The summed E-state index contributed by atoms with van der Waals surface area (Å²) >= 11 is 0. The van der Waals surface area contributed by atoms with Crippen molar-refractivity contribution in [3.63, 3.8) is 0 Å². The summed E-state index contributed by atoms with van der Waals surface area (Å²) < 4.78 is 0. The van der Waals surface area contributed by atoms with E-state index in [1.807, 2.05) is 6.20 Å². The normalized spacial score (nSPS) is 12.4. The van der Waals surface area contributed by atoms with Crippen molar-refractivity contribution in [1.82, 2.24) is 15.3 Å². The molecule has 0 aliphatic carbocycles. The van der Waals surface area contributed by atoms with Gasteiger partial charge >= 0.3 is 0 Å². The van der Waals surface area contributed by atoms with Gasteiger partial charge in [-0.3, -0.25) is 0 Å². The Morgan fingerprint density at radius 3 is 2.53 bits per heavy atom. The molecule has 0 aliphatic rings. The zero-order valence-electron chi connectivity index (χ0n) is 10.5. The lowest BCUT2D eigenvalue weighted by molar-refractivity contribution is 0.565. The Balaban J connectivity index is 2.47. The Kier molecular flexibility index (Phi) is 3.91. The molecule has 15 heavy (non-hydrogen) atoms. The summed E-state index contributed by atoms with van der Waals surface area (Å²) in [6.07, 6.45) is 2.92. The molecule has 0 aromatic carbocycles. The Morgan fingerprint density at radius 2 is 2.07 bits per heavy atom. The second-order valence-corrected chi connectivity index (χ2v) is 5.35. The monoisotopic (exact) mass is 209 g/mol. The van der Waals surface area contributed by atoms with Crippen molar-refractivity contribution in [3.05, 3.63) is 17.7 Å². The summed E-state index contributed by atoms with van der Waals surface area (Å²) in [6.45, 7) is 11.9. The maximum atomic E-state index is 4.38. The standard InChI is InChI=1S/C12H23N3/c1-9(2)13-7-6-11-14-8-10(15-11)12(3,4)5/h8-9,13H,6-7H2,1-5H3,(H,14,15). The molecule has 86 valence electrons. The van der Waals surface area contributed by atoms with Gasteiger partial charge in [-0.2, -0.15) is 0 Å². The van der Waals surface area contributed by atoms with Crippen LogP contribution >= 0.6 is 0 Å². The van der Waals surface area contributed by atoms with E-state index in [9.17, 15) is 0 Å². The highest BCUT2D eigenvalue weighted by Crippen LogP contribution is 2.19. The first-order chi connectivity index (χ1) is 6.89. The number of rotatable bonds is 4. The molecule has 0 bridgehead atoms. The molecule has 3 nitrogen and oxygen atoms in total. The third-order valence-electron chi connectivity index (χ3n) is 2.35. The Morgan fingerprint density at radius 1 is 1.40 bits per heavy atom. The van der Waals surface area contributed by atoms with Gasteiger partial charge in [0.25, 0.3) is 0 Å². The molecule has 1 heterocycles. The van der Waals surface area contributed by atoms with Crippen LogP contribution in [0.1, 0.15) is 46.1 Å². The third-order valence-corrected chi connectivity index (χ3v) is 2.35. The highest BCUT2D eigenvalue weighted by molar-refractivity contribution is 5.11. The van der Waals surface area contributed by atoms with E-state index in [0.717, 1.165) is 18.8 Å². The van der Waals surface area contributed by atoms with E-state index in [1.54, 1.807) is 0 Å². The first-order valence-corrected chi connectivity index (χ1v) is 5.67. The van der Waals surface area contributed by atoms with Crippen molar-refractivity contribution in [2.75, 3.05) is 6.54 Å². The minimum Gasteiger partial charge on any atom is -0.345 e. The zero-order chi connectivity index (χ0) is 11.5. The number of aromatic amines is 1. The quantitative estimate of drug-likeness (QED) is 0.798. The fourth-order valence-electron chi connectivity index (χ4n) is 1.35. The van der Waals surface area contributed by atoms with Crippen LogP contribution in [0.3, 0.4) is 0 Å². The highest BCUT2D eigenvalue weighted by Gasteiger charge is 2.16. The molecule has 0 atom stereocenters. The Bertz CT molecular complexity index is 294. The van der Waals surface area contributed by atoms with E-state index >= 15 is 0 Å². The van der Waals surface area contributed by atoms with E-state index < -0.39 is 0 Å². The molecule has 0 fully saturated rings. The molecular weight excluding hydrogens is 186 g/mol. The minimum absolute atomic E-state index is 0.163. The Labute approximate surface area is 92.7 Å². The lowest BCUT2D eigenvalue weighted by Crippen LogP contribution is -2.25. The molecular formula is C12H23N3.